The topological polar surface area (TPSA) is 49.8 Å². The van der Waals surface area contributed by atoms with Gasteiger partial charge in [0.1, 0.15) is 11.8 Å². The Morgan fingerprint density at radius 1 is 1.35 bits per heavy atom. The third kappa shape index (κ3) is 5.13. The minimum absolute atomic E-state index is 0.199. The van der Waals surface area contributed by atoms with Gasteiger partial charge in [-0.15, -0.1) is 0 Å². The van der Waals surface area contributed by atoms with Crippen molar-refractivity contribution in [1.82, 2.24) is 4.90 Å². The van der Waals surface area contributed by atoms with Crippen LogP contribution in [0.25, 0.3) is 0 Å². The molecule has 1 N–H and O–H groups in total. The molecule has 0 aliphatic carbocycles. The number of alkyl halides is 3. The summed E-state index contributed by atoms with van der Waals surface area (Å²) in [6.07, 6.45) is -1.39. The lowest BCUT2D eigenvalue weighted by Crippen LogP contribution is -2.36. The van der Waals surface area contributed by atoms with Crippen LogP contribution in [0.15, 0.2) is 24.3 Å². The zero-order valence-electron chi connectivity index (χ0n) is 12.7. The molecule has 0 radical (unpaired) electrons. The van der Waals surface area contributed by atoms with Crippen LogP contribution in [0.5, 0.6) is 5.75 Å². The van der Waals surface area contributed by atoms with Crippen molar-refractivity contribution >= 4 is 5.97 Å². The summed E-state index contributed by atoms with van der Waals surface area (Å²) in [5.41, 5.74) is -0.726. The van der Waals surface area contributed by atoms with Crippen LogP contribution in [0.4, 0.5) is 13.2 Å². The Morgan fingerprint density at radius 3 is 2.83 bits per heavy atom. The second kappa shape index (κ2) is 7.68. The number of carbonyl (C=O) groups is 1. The number of rotatable bonds is 7. The van der Waals surface area contributed by atoms with Crippen molar-refractivity contribution in [3.63, 3.8) is 0 Å². The zero-order chi connectivity index (χ0) is 16.9. The summed E-state index contributed by atoms with van der Waals surface area (Å²) in [5.74, 6) is -0.591. The molecule has 1 fully saturated rings. The van der Waals surface area contributed by atoms with Crippen molar-refractivity contribution in [1.29, 1.82) is 0 Å². The van der Waals surface area contributed by atoms with Gasteiger partial charge in [0.05, 0.1) is 12.2 Å². The van der Waals surface area contributed by atoms with Gasteiger partial charge in [0, 0.05) is 0 Å². The number of carboxylic acid groups (broad SMARTS) is 1. The fourth-order valence-electron chi connectivity index (χ4n) is 2.74. The van der Waals surface area contributed by atoms with Crippen molar-refractivity contribution in [3.05, 3.63) is 29.8 Å². The molecule has 1 unspecified atom stereocenters. The van der Waals surface area contributed by atoms with E-state index in [2.05, 4.69) is 0 Å². The average Bonchev–Trinajstić information content (AvgIpc) is 2.95. The molecule has 1 aliphatic rings. The van der Waals surface area contributed by atoms with Crippen molar-refractivity contribution in [2.45, 2.75) is 37.9 Å². The first kappa shape index (κ1) is 17.6. The average molecular weight is 331 g/mol. The summed E-state index contributed by atoms with van der Waals surface area (Å²) < 4.78 is 43.1. The number of ether oxygens (including phenoxy) is 1. The fraction of sp³-hybridized carbons (Fsp3) is 0.562. The first-order valence-electron chi connectivity index (χ1n) is 7.65. The molecule has 23 heavy (non-hydrogen) atoms. The largest absolute Gasteiger partial charge is 0.494 e. The molecule has 0 saturated carbocycles. The molecule has 1 heterocycles. The normalized spacial score (nSPS) is 19.0. The van der Waals surface area contributed by atoms with Crippen LogP contribution in [0.3, 0.4) is 0 Å². The zero-order valence-corrected chi connectivity index (χ0v) is 12.7. The summed E-state index contributed by atoms with van der Waals surface area (Å²) in [4.78, 5) is 13.0. The maximum atomic E-state index is 12.6. The van der Waals surface area contributed by atoms with Crippen molar-refractivity contribution in [2.24, 2.45) is 0 Å². The number of hydrogen-bond acceptors (Lipinski definition) is 3. The number of unbranched alkanes of at least 4 members (excludes halogenated alkanes) is 1. The van der Waals surface area contributed by atoms with Crippen molar-refractivity contribution < 1.29 is 27.8 Å². The van der Waals surface area contributed by atoms with Gasteiger partial charge in [0.15, 0.2) is 0 Å². The van der Waals surface area contributed by atoms with Gasteiger partial charge in [-0.25, -0.2) is 0 Å². The van der Waals surface area contributed by atoms with Crippen LogP contribution >= 0.6 is 0 Å². The van der Waals surface area contributed by atoms with Gasteiger partial charge in [-0.05, 0) is 57.0 Å². The van der Waals surface area contributed by atoms with E-state index in [1.807, 2.05) is 4.90 Å². The number of nitrogens with zero attached hydrogens (tertiary/aromatic N) is 1. The Bertz CT molecular complexity index is 534. The van der Waals surface area contributed by atoms with Gasteiger partial charge in [-0.3, -0.25) is 9.69 Å². The SMILES string of the molecule is O=C(O)C1CCCN1CCCCOc1cccc(C(F)(F)F)c1. The smallest absolute Gasteiger partial charge is 0.416 e. The maximum Gasteiger partial charge on any atom is 0.416 e. The third-order valence-electron chi connectivity index (χ3n) is 3.92. The Kier molecular flexibility index (Phi) is 5.87. The highest BCUT2D eigenvalue weighted by atomic mass is 19.4. The second-order valence-corrected chi connectivity index (χ2v) is 5.61. The van der Waals surface area contributed by atoms with Crippen molar-refractivity contribution in [3.8, 4) is 5.75 Å². The lowest BCUT2D eigenvalue weighted by atomic mass is 10.2. The van der Waals surface area contributed by atoms with Crippen LogP contribution in [0.2, 0.25) is 0 Å². The van der Waals surface area contributed by atoms with E-state index in [0.29, 0.717) is 26.0 Å². The van der Waals surface area contributed by atoms with Crippen LogP contribution in [-0.2, 0) is 11.0 Å². The molecule has 1 aromatic rings. The number of aliphatic carboxylic acids is 1. The summed E-state index contributed by atoms with van der Waals surface area (Å²) in [6.45, 7) is 1.77. The first-order chi connectivity index (χ1) is 10.9. The molecule has 128 valence electrons. The monoisotopic (exact) mass is 331 g/mol. The van der Waals surface area contributed by atoms with E-state index >= 15 is 0 Å². The van der Waals surface area contributed by atoms with E-state index in [1.54, 1.807) is 0 Å². The molecule has 1 aliphatic heterocycles. The molecular weight excluding hydrogens is 311 g/mol. The van der Waals surface area contributed by atoms with E-state index in [9.17, 15) is 18.0 Å². The number of halogens is 3. The highest BCUT2D eigenvalue weighted by molar-refractivity contribution is 5.73. The minimum Gasteiger partial charge on any atom is -0.494 e. The lowest BCUT2D eigenvalue weighted by Gasteiger charge is -2.20. The molecule has 1 saturated heterocycles. The standard InChI is InChI=1S/C16H20F3NO3/c17-16(18,19)12-5-3-6-13(11-12)23-10-2-1-8-20-9-4-7-14(20)15(21)22/h3,5-6,11,14H,1-2,4,7-10H2,(H,21,22). The highest BCUT2D eigenvalue weighted by Gasteiger charge is 2.31. The van der Waals surface area contributed by atoms with Crippen LogP contribution in [-0.4, -0.2) is 41.7 Å². The Balaban J connectivity index is 1.71. The molecule has 4 nitrogen and oxygen atoms in total. The number of likely N-dealkylation sites (tertiary alicyclic amines) is 1. The number of hydrogen-bond donors (Lipinski definition) is 1. The van der Waals surface area contributed by atoms with Crippen LogP contribution in [0.1, 0.15) is 31.2 Å². The molecule has 0 spiro atoms. The molecular formula is C16H20F3NO3. The Hall–Kier alpha value is -1.76. The van der Waals surface area contributed by atoms with Gasteiger partial charge < -0.3 is 9.84 Å². The number of benzene rings is 1. The Morgan fingerprint density at radius 2 is 2.13 bits per heavy atom. The molecule has 0 bridgehead atoms. The van der Waals surface area contributed by atoms with Crippen LogP contribution in [0, 0.1) is 0 Å². The summed E-state index contributed by atoms with van der Waals surface area (Å²) in [5, 5.41) is 9.07. The van der Waals surface area contributed by atoms with E-state index in [1.165, 1.54) is 12.1 Å². The summed E-state index contributed by atoms with van der Waals surface area (Å²) in [6, 6.07) is 4.41. The van der Waals surface area contributed by atoms with E-state index < -0.39 is 23.8 Å². The maximum absolute atomic E-state index is 12.6. The van der Waals surface area contributed by atoms with Gasteiger partial charge in [-0.1, -0.05) is 6.07 Å². The molecule has 7 heteroatoms. The van der Waals surface area contributed by atoms with Gasteiger partial charge in [0.2, 0.25) is 0 Å². The Labute approximate surface area is 132 Å². The number of carboxylic acids is 1. The predicted octanol–water partition coefficient (Wildman–Crippen LogP) is 3.41. The second-order valence-electron chi connectivity index (χ2n) is 5.61. The third-order valence-corrected chi connectivity index (χ3v) is 3.92. The molecule has 0 aromatic heterocycles. The molecule has 1 atom stereocenters. The van der Waals surface area contributed by atoms with E-state index in [4.69, 9.17) is 9.84 Å². The quantitative estimate of drug-likeness (QED) is 0.778. The first-order valence-corrected chi connectivity index (χ1v) is 7.65. The molecule has 2 rings (SSSR count). The highest BCUT2D eigenvalue weighted by Crippen LogP contribution is 2.31. The van der Waals surface area contributed by atoms with Gasteiger partial charge >= 0.3 is 12.1 Å². The summed E-state index contributed by atoms with van der Waals surface area (Å²) in [7, 11) is 0. The van der Waals surface area contributed by atoms with Gasteiger partial charge in [-0.2, -0.15) is 13.2 Å². The lowest BCUT2D eigenvalue weighted by molar-refractivity contribution is -0.142. The minimum atomic E-state index is -4.37. The molecule has 0 amide bonds. The van der Waals surface area contributed by atoms with E-state index in [-0.39, 0.29) is 5.75 Å². The van der Waals surface area contributed by atoms with Gasteiger partial charge in [0.25, 0.3) is 0 Å². The predicted molar refractivity (Wildman–Crippen MR) is 78.4 cm³/mol. The summed E-state index contributed by atoms with van der Waals surface area (Å²) >= 11 is 0. The van der Waals surface area contributed by atoms with Crippen molar-refractivity contribution in [2.75, 3.05) is 19.7 Å². The van der Waals surface area contributed by atoms with E-state index in [0.717, 1.165) is 31.5 Å². The molecule has 1 aromatic carbocycles. The van der Waals surface area contributed by atoms with Crippen LogP contribution < -0.4 is 4.74 Å². The fourth-order valence-corrected chi connectivity index (χ4v) is 2.74.